The van der Waals surface area contributed by atoms with Crippen molar-refractivity contribution >= 4 is 24.8 Å². The summed E-state index contributed by atoms with van der Waals surface area (Å²) < 4.78 is 16.7. The fourth-order valence-corrected chi connectivity index (χ4v) is 3.08. The van der Waals surface area contributed by atoms with Gasteiger partial charge in [-0.1, -0.05) is 12.1 Å². The average molecular weight is 421 g/mol. The van der Waals surface area contributed by atoms with Crippen molar-refractivity contribution in [3.63, 3.8) is 0 Å². The van der Waals surface area contributed by atoms with Crippen LogP contribution in [-0.4, -0.2) is 58.0 Å². The van der Waals surface area contributed by atoms with Gasteiger partial charge in [0, 0.05) is 25.2 Å². The molecule has 1 aliphatic heterocycles. The Morgan fingerprint density at radius 3 is 2.63 bits per heavy atom. The van der Waals surface area contributed by atoms with Crippen molar-refractivity contribution in [3.05, 3.63) is 35.9 Å². The van der Waals surface area contributed by atoms with Crippen LogP contribution in [0.3, 0.4) is 0 Å². The largest absolute Gasteiger partial charge is 0.493 e. The molecule has 2 rings (SSSR count). The second-order valence-electron chi connectivity index (χ2n) is 6.20. The van der Waals surface area contributed by atoms with Crippen molar-refractivity contribution in [2.24, 2.45) is 0 Å². The Morgan fingerprint density at radius 2 is 2.00 bits per heavy atom. The summed E-state index contributed by atoms with van der Waals surface area (Å²) in [4.78, 5) is 2.47. The first kappa shape index (κ1) is 26.0. The third-order valence-electron chi connectivity index (χ3n) is 4.33. The molecule has 1 aromatic carbocycles. The summed E-state index contributed by atoms with van der Waals surface area (Å²) in [5.41, 5.74) is 2.34. The second kappa shape index (κ2) is 15.0. The van der Waals surface area contributed by atoms with Crippen LogP contribution in [0.15, 0.2) is 24.8 Å². The quantitative estimate of drug-likeness (QED) is 0.438. The van der Waals surface area contributed by atoms with Crippen molar-refractivity contribution in [2.45, 2.75) is 26.3 Å². The smallest absolute Gasteiger partial charge is 0.164 e. The molecule has 0 unspecified atom stereocenters. The summed E-state index contributed by atoms with van der Waals surface area (Å²) in [6.07, 6.45) is 3.82. The molecule has 0 atom stereocenters. The van der Waals surface area contributed by atoms with E-state index in [0.29, 0.717) is 6.61 Å². The standard InChI is InChI=1S/C20H32N2O3.2ClH/c1-4-7-18-14-17(15-19(23-3)20(18)25-5-2)16-21-8-6-9-22-10-12-24-13-11-22;;/h4,14-15,21H,1,5-13,16H2,2-3H3;2*1H. The lowest BCUT2D eigenvalue weighted by Crippen LogP contribution is -2.37. The van der Waals surface area contributed by atoms with Gasteiger partial charge in [-0.25, -0.2) is 0 Å². The average Bonchev–Trinajstić information content (AvgIpc) is 2.64. The van der Waals surface area contributed by atoms with Gasteiger partial charge in [-0.2, -0.15) is 0 Å². The summed E-state index contributed by atoms with van der Waals surface area (Å²) in [6, 6.07) is 4.25. The van der Waals surface area contributed by atoms with Crippen molar-refractivity contribution in [1.29, 1.82) is 0 Å². The summed E-state index contributed by atoms with van der Waals surface area (Å²) in [5, 5.41) is 3.53. The zero-order valence-corrected chi connectivity index (χ0v) is 18.1. The van der Waals surface area contributed by atoms with Gasteiger partial charge in [0.1, 0.15) is 0 Å². The van der Waals surface area contributed by atoms with Gasteiger partial charge in [0.25, 0.3) is 0 Å². The first-order valence-electron chi connectivity index (χ1n) is 9.22. The predicted octanol–water partition coefficient (Wildman–Crippen LogP) is 3.48. The molecule has 0 amide bonds. The van der Waals surface area contributed by atoms with E-state index in [1.165, 1.54) is 5.56 Å². The Hall–Kier alpha value is -0.980. The molecule has 0 saturated carbocycles. The molecule has 1 N–H and O–H groups in total. The summed E-state index contributed by atoms with van der Waals surface area (Å²) in [7, 11) is 1.69. The fraction of sp³-hybridized carbons (Fsp3) is 0.600. The summed E-state index contributed by atoms with van der Waals surface area (Å²) >= 11 is 0. The van der Waals surface area contributed by atoms with E-state index >= 15 is 0 Å². The molecule has 1 aromatic rings. The number of allylic oxidation sites excluding steroid dienone is 1. The number of nitrogens with zero attached hydrogens (tertiary/aromatic N) is 1. The fourth-order valence-electron chi connectivity index (χ4n) is 3.08. The molecule has 0 aliphatic carbocycles. The molecule has 156 valence electrons. The molecule has 0 radical (unpaired) electrons. The van der Waals surface area contributed by atoms with Gasteiger partial charge in [0.15, 0.2) is 11.5 Å². The first-order chi connectivity index (χ1) is 12.3. The lowest BCUT2D eigenvalue weighted by molar-refractivity contribution is 0.0374. The highest BCUT2D eigenvalue weighted by molar-refractivity contribution is 5.85. The SMILES string of the molecule is C=CCc1cc(CNCCCN2CCOCC2)cc(OC)c1OCC.Cl.Cl. The molecule has 7 heteroatoms. The summed E-state index contributed by atoms with van der Waals surface area (Å²) in [5.74, 6) is 1.63. The van der Waals surface area contributed by atoms with E-state index in [1.54, 1.807) is 7.11 Å². The zero-order chi connectivity index (χ0) is 17.9. The van der Waals surface area contributed by atoms with Crippen molar-refractivity contribution in [2.75, 3.05) is 53.1 Å². The Labute approximate surface area is 176 Å². The Bertz CT molecular complexity index is 538. The van der Waals surface area contributed by atoms with Crippen LogP contribution in [-0.2, 0) is 17.7 Å². The molecule has 1 aliphatic rings. The number of ether oxygens (including phenoxy) is 3. The number of methoxy groups -OCH3 is 1. The maximum Gasteiger partial charge on any atom is 0.164 e. The molecular formula is C20H34Cl2N2O3. The van der Waals surface area contributed by atoms with Crippen molar-refractivity contribution in [3.8, 4) is 11.5 Å². The Morgan fingerprint density at radius 1 is 1.26 bits per heavy atom. The highest BCUT2D eigenvalue weighted by Gasteiger charge is 2.12. The van der Waals surface area contributed by atoms with Crippen molar-refractivity contribution < 1.29 is 14.2 Å². The van der Waals surface area contributed by atoms with E-state index in [-0.39, 0.29) is 24.8 Å². The normalized spacial score (nSPS) is 14.0. The predicted molar refractivity (Wildman–Crippen MR) is 116 cm³/mol. The number of rotatable bonds is 11. The number of halogens is 2. The lowest BCUT2D eigenvalue weighted by atomic mass is 10.1. The molecule has 1 fully saturated rings. The maximum absolute atomic E-state index is 5.77. The molecule has 5 nitrogen and oxygen atoms in total. The maximum atomic E-state index is 5.77. The minimum atomic E-state index is 0. The molecule has 0 bridgehead atoms. The number of benzene rings is 1. The number of nitrogens with one attached hydrogen (secondary N) is 1. The summed E-state index contributed by atoms with van der Waals surface area (Å²) in [6.45, 7) is 13.3. The molecule has 1 saturated heterocycles. The van der Waals surface area contributed by atoms with Crippen LogP contribution in [0.5, 0.6) is 11.5 Å². The van der Waals surface area contributed by atoms with Crippen LogP contribution in [0.2, 0.25) is 0 Å². The zero-order valence-electron chi connectivity index (χ0n) is 16.5. The van der Waals surface area contributed by atoms with Crippen LogP contribution in [0.25, 0.3) is 0 Å². The van der Waals surface area contributed by atoms with Crippen LogP contribution < -0.4 is 14.8 Å². The van der Waals surface area contributed by atoms with Gasteiger partial charge < -0.3 is 19.5 Å². The monoisotopic (exact) mass is 420 g/mol. The third-order valence-corrected chi connectivity index (χ3v) is 4.33. The van der Waals surface area contributed by atoms with E-state index in [1.807, 2.05) is 13.0 Å². The van der Waals surface area contributed by atoms with Gasteiger partial charge in [0.05, 0.1) is 26.9 Å². The van der Waals surface area contributed by atoms with Crippen LogP contribution in [0, 0.1) is 0 Å². The van der Waals surface area contributed by atoms with Crippen LogP contribution in [0.1, 0.15) is 24.5 Å². The first-order valence-corrected chi connectivity index (χ1v) is 9.22. The number of hydrogen-bond acceptors (Lipinski definition) is 5. The highest BCUT2D eigenvalue weighted by atomic mass is 35.5. The molecular weight excluding hydrogens is 387 g/mol. The molecule has 0 aromatic heterocycles. The van der Waals surface area contributed by atoms with Gasteiger partial charge >= 0.3 is 0 Å². The minimum absolute atomic E-state index is 0. The number of hydrogen-bond donors (Lipinski definition) is 1. The lowest BCUT2D eigenvalue weighted by Gasteiger charge is -2.26. The van der Waals surface area contributed by atoms with E-state index in [4.69, 9.17) is 14.2 Å². The van der Waals surface area contributed by atoms with E-state index < -0.39 is 0 Å². The van der Waals surface area contributed by atoms with E-state index in [2.05, 4.69) is 28.9 Å². The van der Waals surface area contributed by atoms with Crippen molar-refractivity contribution in [1.82, 2.24) is 10.2 Å². The van der Waals surface area contributed by atoms with Gasteiger partial charge in [-0.15, -0.1) is 31.4 Å². The topological polar surface area (TPSA) is 43.0 Å². The third kappa shape index (κ3) is 8.71. The molecule has 0 spiro atoms. The molecule has 27 heavy (non-hydrogen) atoms. The van der Waals surface area contributed by atoms with Gasteiger partial charge in [0.2, 0.25) is 0 Å². The Kier molecular flexibility index (Phi) is 14.5. The minimum Gasteiger partial charge on any atom is -0.493 e. The van der Waals surface area contributed by atoms with Crippen LogP contribution >= 0.6 is 24.8 Å². The Balaban J connectivity index is 0.00000338. The van der Waals surface area contributed by atoms with Gasteiger partial charge in [-0.05, 0) is 44.5 Å². The van der Waals surface area contributed by atoms with E-state index in [0.717, 1.165) is 75.8 Å². The second-order valence-corrected chi connectivity index (χ2v) is 6.20. The van der Waals surface area contributed by atoms with E-state index in [9.17, 15) is 0 Å². The van der Waals surface area contributed by atoms with Crippen LogP contribution in [0.4, 0.5) is 0 Å². The molecule has 1 heterocycles. The van der Waals surface area contributed by atoms with Gasteiger partial charge in [-0.3, -0.25) is 4.90 Å². The highest BCUT2D eigenvalue weighted by Crippen LogP contribution is 2.33. The number of morpholine rings is 1.